The van der Waals surface area contributed by atoms with Gasteiger partial charge < -0.3 is 14.7 Å². The first-order valence-electron chi connectivity index (χ1n) is 13.1. The largest absolute Gasteiger partial charge is 0.353 e. The van der Waals surface area contributed by atoms with Gasteiger partial charge in [0.05, 0.1) is 0 Å². The van der Waals surface area contributed by atoms with Crippen LogP contribution in [0.25, 0.3) is 11.1 Å². The van der Waals surface area contributed by atoms with Crippen molar-refractivity contribution in [2.24, 2.45) is 11.3 Å². The van der Waals surface area contributed by atoms with Gasteiger partial charge in [-0.15, -0.1) is 0 Å². The lowest BCUT2D eigenvalue weighted by atomic mass is 9.90. The summed E-state index contributed by atoms with van der Waals surface area (Å²) in [7, 11) is 0. The van der Waals surface area contributed by atoms with E-state index < -0.39 is 0 Å². The molecule has 2 aromatic carbocycles. The highest BCUT2D eigenvalue weighted by Crippen LogP contribution is 2.60. The minimum Gasteiger partial charge on any atom is -0.353 e. The average molecular weight is 499 g/mol. The summed E-state index contributed by atoms with van der Waals surface area (Å²) in [6.45, 7) is 4.47. The van der Waals surface area contributed by atoms with Crippen molar-refractivity contribution in [2.45, 2.75) is 19.3 Å². The Morgan fingerprint density at radius 1 is 0.784 bits per heavy atom. The topological polar surface area (TPSA) is 56.8 Å². The molecule has 1 atom stereocenters. The van der Waals surface area contributed by atoms with Crippen LogP contribution in [0.5, 0.6) is 0 Å². The molecule has 6 rings (SSSR count). The zero-order valence-electron chi connectivity index (χ0n) is 20.9. The SMILES string of the molecule is O=C(c1ccc(-c2ccc(F)cc2)cc1)N1CCC2(CC1)C[C@@H]2C(=O)N1CCN(c2ccccn2)CC1. The average Bonchev–Trinajstić information content (AvgIpc) is 3.66. The van der Waals surface area contributed by atoms with Gasteiger partial charge in [0, 0.05) is 56.9 Å². The molecule has 1 aromatic heterocycles. The molecule has 7 heteroatoms. The Kier molecular flexibility index (Phi) is 6.14. The lowest BCUT2D eigenvalue weighted by Crippen LogP contribution is -2.50. The van der Waals surface area contributed by atoms with Crippen molar-refractivity contribution in [2.75, 3.05) is 44.2 Å². The predicted molar refractivity (Wildman–Crippen MR) is 141 cm³/mol. The molecule has 0 unspecified atom stereocenters. The number of benzene rings is 2. The fourth-order valence-corrected chi connectivity index (χ4v) is 5.95. The summed E-state index contributed by atoms with van der Waals surface area (Å²) in [4.78, 5) is 37.0. The van der Waals surface area contributed by atoms with Crippen molar-refractivity contribution in [3.8, 4) is 11.1 Å². The lowest BCUT2D eigenvalue weighted by molar-refractivity contribution is -0.134. The van der Waals surface area contributed by atoms with Gasteiger partial charge in [-0.2, -0.15) is 0 Å². The highest BCUT2D eigenvalue weighted by atomic mass is 19.1. The van der Waals surface area contributed by atoms with Crippen LogP contribution in [0.4, 0.5) is 10.2 Å². The summed E-state index contributed by atoms with van der Waals surface area (Å²) < 4.78 is 13.2. The molecule has 1 spiro atoms. The number of likely N-dealkylation sites (tertiary alicyclic amines) is 1. The zero-order valence-corrected chi connectivity index (χ0v) is 20.9. The molecule has 6 nitrogen and oxygen atoms in total. The molecule has 3 aliphatic rings. The number of carbonyl (C=O) groups is 2. The molecule has 190 valence electrons. The molecule has 3 fully saturated rings. The number of hydrogen-bond acceptors (Lipinski definition) is 4. The quantitative estimate of drug-likeness (QED) is 0.532. The van der Waals surface area contributed by atoms with Gasteiger partial charge in [-0.1, -0.05) is 30.3 Å². The summed E-state index contributed by atoms with van der Waals surface area (Å²) in [5.41, 5.74) is 2.60. The van der Waals surface area contributed by atoms with E-state index >= 15 is 0 Å². The number of hydrogen-bond donors (Lipinski definition) is 0. The predicted octanol–water partition coefficient (Wildman–Crippen LogP) is 4.48. The molecule has 37 heavy (non-hydrogen) atoms. The molecule has 0 radical (unpaired) electrons. The standard InChI is InChI=1S/C30H31FN4O2/c31-25-10-8-23(9-11-25)22-4-6-24(7-5-22)28(36)34-15-12-30(13-16-34)21-26(30)29(37)35-19-17-33(18-20-35)27-3-1-2-14-32-27/h1-11,14,26H,12-13,15-21H2/t26-/m1/s1. The van der Waals surface area contributed by atoms with Crippen LogP contribution in [-0.2, 0) is 4.79 Å². The molecular weight excluding hydrogens is 467 g/mol. The summed E-state index contributed by atoms with van der Waals surface area (Å²) >= 11 is 0. The van der Waals surface area contributed by atoms with Crippen LogP contribution in [0.15, 0.2) is 72.9 Å². The first-order chi connectivity index (χ1) is 18.0. The van der Waals surface area contributed by atoms with Crippen LogP contribution in [0.2, 0.25) is 0 Å². The van der Waals surface area contributed by atoms with Crippen molar-refractivity contribution in [1.82, 2.24) is 14.8 Å². The van der Waals surface area contributed by atoms with Crippen LogP contribution < -0.4 is 4.90 Å². The fraction of sp³-hybridized carbons (Fsp3) is 0.367. The van der Waals surface area contributed by atoms with Gasteiger partial charge in [-0.3, -0.25) is 9.59 Å². The van der Waals surface area contributed by atoms with E-state index in [-0.39, 0.29) is 29.0 Å². The number of rotatable bonds is 4. The number of aromatic nitrogens is 1. The lowest BCUT2D eigenvalue weighted by Gasteiger charge is -2.37. The number of pyridine rings is 1. The number of piperidine rings is 1. The highest BCUT2D eigenvalue weighted by molar-refractivity contribution is 5.95. The number of amides is 2. The molecule has 0 N–H and O–H groups in total. The second kappa shape index (κ2) is 9.61. The Morgan fingerprint density at radius 3 is 2.05 bits per heavy atom. The van der Waals surface area contributed by atoms with Crippen molar-refractivity contribution >= 4 is 17.6 Å². The maximum Gasteiger partial charge on any atom is 0.253 e. The summed E-state index contributed by atoms with van der Waals surface area (Å²) in [5, 5.41) is 0. The molecular formula is C30H31FN4O2. The maximum absolute atomic E-state index is 13.3. The smallest absolute Gasteiger partial charge is 0.253 e. The second-order valence-corrected chi connectivity index (χ2v) is 10.5. The van der Waals surface area contributed by atoms with Crippen molar-refractivity contribution in [3.63, 3.8) is 0 Å². The van der Waals surface area contributed by atoms with E-state index in [1.807, 2.05) is 52.3 Å². The van der Waals surface area contributed by atoms with E-state index in [1.54, 1.807) is 18.3 Å². The third kappa shape index (κ3) is 4.70. The van der Waals surface area contributed by atoms with Gasteiger partial charge >= 0.3 is 0 Å². The Labute approximate surface area is 216 Å². The summed E-state index contributed by atoms with van der Waals surface area (Å²) in [6.07, 6.45) is 4.52. The first kappa shape index (κ1) is 23.6. The number of piperazine rings is 1. The first-order valence-corrected chi connectivity index (χ1v) is 13.1. The third-order valence-corrected chi connectivity index (χ3v) is 8.41. The molecule has 0 bridgehead atoms. The van der Waals surface area contributed by atoms with Crippen LogP contribution in [-0.4, -0.2) is 65.9 Å². The van der Waals surface area contributed by atoms with Gasteiger partial charge in [-0.25, -0.2) is 9.37 Å². The molecule has 1 aliphatic carbocycles. The Bertz CT molecular complexity index is 1260. The monoisotopic (exact) mass is 498 g/mol. The van der Waals surface area contributed by atoms with E-state index in [0.29, 0.717) is 18.7 Å². The van der Waals surface area contributed by atoms with Gasteiger partial charge in [0.25, 0.3) is 5.91 Å². The van der Waals surface area contributed by atoms with Gasteiger partial charge in [0.1, 0.15) is 11.6 Å². The van der Waals surface area contributed by atoms with Crippen molar-refractivity contribution in [3.05, 3.63) is 84.3 Å². The molecule has 1 saturated carbocycles. The van der Waals surface area contributed by atoms with Crippen LogP contribution >= 0.6 is 0 Å². The molecule has 2 amide bonds. The van der Waals surface area contributed by atoms with E-state index in [2.05, 4.69) is 9.88 Å². The Morgan fingerprint density at radius 2 is 1.43 bits per heavy atom. The molecule has 3 aromatic rings. The Balaban J connectivity index is 1.01. The van der Waals surface area contributed by atoms with Crippen LogP contribution in [0.3, 0.4) is 0 Å². The minimum absolute atomic E-state index is 0.0367. The van der Waals surface area contributed by atoms with Crippen molar-refractivity contribution in [1.29, 1.82) is 0 Å². The summed E-state index contributed by atoms with van der Waals surface area (Å²) in [6, 6.07) is 19.8. The van der Waals surface area contributed by atoms with Gasteiger partial charge in [0.15, 0.2) is 0 Å². The van der Waals surface area contributed by atoms with E-state index in [9.17, 15) is 14.0 Å². The number of nitrogens with zero attached hydrogens (tertiary/aromatic N) is 4. The maximum atomic E-state index is 13.3. The Hall–Kier alpha value is -3.74. The minimum atomic E-state index is -0.263. The van der Waals surface area contributed by atoms with E-state index in [0.717, 1.165) is 62.4 Å². The van der Waals surface area contributed by atoms with E-state index in [4.69, 9.17) is 0 Å². The highest BCUT2D eigenvalue weighted by Gasteiger charge is 2.59. The zero-order chi connectivity index (χ0) is 25.4. The van der Waals surface area contributed by atoms with Crippen LogP contribution in [0, 0.1) is 17.2 Å². The number of anilines is 1. The van der Waals surface area contributed by atoms with Crippen molar-refractivity contribution < 1.29 is 14.0 Å². The second-order valence-electron chi connectivity index (χ2n) is 10.5. The van der Waals surface area contributed by atoms with Gasteiger partial charge in [0.2, 0.25) is 5.91 Å². The van der Waals surface area contributed by atoms with Crippen LogP contribution in [0.1, 0.15) is 29.6 Å². The molecule has 2 saturated heterocycles. The number of halogens is 1. The number of carbonyl (C=O) groups excluding carboxylic acids is 2. The normalized spacial score (nSPS) is 20.7. The molecule has 2 aliphatic heterocycles. The molecule has 3 heterocycles. The van der Waals surface area contributed by atoms with Gasteiger partial charge in [-0.05, 0) is 72.2 Å². The van der Waals surface area contributed by atoms with E-state index in [1.165, 1.54) is 12.1 Å². The third-order valence-electron chi connectivity index (χ3n) is 8.41. The fourth-order valence-electron chi connectivity index (χ4n) is 5.95. The summed E-state index contributed by atoms with van der Waals surface area (Å²) in [5.74, 6) is 1.13.